The van der Waals surface area contributed by atoms with E-state index in [0.717, 1.165) is 0 Å². The second-order valence-electron chi connectivity index (χ2n) is 3.23. The van der Waals surface area contributed by atoms with Crippen LogP contribution in [-0.2, 0) is 4.79 Å². The van der Waals surface area contributed by atoms with Gasteiger partial charge in [-0.3, -0.25) is 9.80 Å². The monoisotopic (exact) mass is 203 g/mol. The van der Waals surface area contributed by atoms with Gasteiger partial charge >= 0.3 is 0 Å². The Morgan fingerprint density at radius 3 is 3.07 bits per heavy atom. The average Bonchev–Trinajstić information content (AvgIpc) is 2.70. The van der Waals surface area contributed by atoms with Crippen molar-refractivity contribution >= 4 is 5.78 Å². The lowest BCUT2D eigenvalue weighted by molar-refractivity contribution is -0.118. The maximum Gasteiger partial charge on any atom is 0.180 e. The van der Waals surface area contributed by atoms with Crippen molar-refractivity contribution in [1.29, 1.82) is 5.26 Å². The lowest BCUT2D eigenvalue weighted by Gasteiger charge is -2.43. The number of carbonyl (C=O) groups excluding carboxylic acids is 1. The molecule has 1 saturated heterocycles. The molecule has 6 heteroatoms. The molecule has 1 aromatic heterocycles. The van der Waals surface area contributed by atoms with Gasteiger partial charge in [-0.05, 0) is 11.3 Å². The molecule has 1 aliphatic heterocycles. The predicted octanol–water partition coefficient (Wildman–Crippen LogP) is -0.507. The molecule has 2 atom stereocenters. The van der Waals surface area contributed by atoms with Gasteiger partial charge in [-0.2, -0.15) is 10.1 Å². The Morgan fingerprint density at radius 1 is 1.73 bits per heavy atom. The van der Waals surface area contributed by atoms with Gasteiger partial charge in [0.05, 0.1) is 30.9 Å². The highest BCUT2D eigenvalue weighted by Gasteiger charge is 2.44. The minimum absolute atomic E-state index is 0.164. The summed E-state index contributed by atoms with van der Waals surface area (Å²) < 4.78 is 0. The average molecular weight is 203 g/mol. The smallest absolute Gasteiger partial charge is 0.180 e. The first-order chi connectivity index (χ1) is 7.27. The number of hydrogen-bond donors (Lipinski definition) is 0. The molecule has 15 heavy (non-hydrogen) atoms. The van der Waals surface area contributed by atoms with Crippen molar-refractivity contribution in [2.24, 2.45) is 5.92 Å². The molecule has 1 aromatic rings. The maximum atomic E-state index is 11.5. The topological polar surface area (TPSA) is 74.8 Å². The van der Waals surface area contributed by atoms with Gasteiger partial charge in [-0.25, -0.2) is 0 Å². The van der Waals surface area contributed by atoms with Crippen LogP contribution in [-0.4, -0.2) is 33.5 Å². The summed E-state index contributed by atoms with van der Waals surface area (Å²) in [6, 6.07) is 1.61. The van der Waals surface area contributed by atoms with Gasteiger partial charge < -0.3 is 0 Å². The zero-order chi connectivity index (χ0) is 10.8. The molecule has 0 aromatic carbocycles. The fourth-order valence-electron chi connectivity index (χ4n) is 1.61. The molecule has 0 spiro atoms. The Kier molecular flexibility index (Phi) is 2.21. The molecule has 0 N–H and O–H groups in total. The number of nitriles is 1. The van der Waals surface area contributed by atoms with Crippen molar-refractivity contribution < 1.29 is 4.79 Å². The second kappa shape index (κ2) is 3.53. The summed E-state index contributed by atoms with van der Waals surface area (Å²) in [6.45, 7) is 3.91. The zero-order valence-corrected chi connectivity index (χ0v) is 7.95. The van der Waals surface area contributed by atoms with Crippen molar-refractivity contribution in [1.82, 2.24) is 15.1 Å². The highest BCUT2D eigenvalue weighted by atomic mass is 16.1. The van der Waals surface area contributed by atoms with Gasteiger partial charge in [0.2, 0.25) is 0 Å². The van der Waals surface area contributed by atoms with Crippen molar-refractivity contribution in [3.8, 4) is 6.07 Å². The second-order valence-corrected chi connectivity index (χ2v) is 3.23. The number of ketones is 1. The zero-order valence-electron chi connectivity index (χ0n) is 7.95. The lowest BCUT2D eigenvalue weighted by atomic mass is 9.88. The van der Waals surface area contributed by atoms with Crippen LogP contribution in [0.3, 0.4) is 0 Å². The summed E-state index contributed by atoms with van der Waals surface area (Å²) in [5.74, 6) is -0.456. The van der Waals surface area contributed by atoms with Crippen LogP contribution in [0.5, 0.6) is 0 Å². The minimum atomic E-state index is -0.478. The van der Waals surface area contributed by atoms with Crippen molar-refractivity contribution in [3.63, 3.8) is 0 Å². The van der Waals surface area contributed by atoms with Gasteiger partial charge in [-0.15, -0.1) is 5.10 Å². The van der Waals surface area contributed by atoms with Crippen molar-refractivity contribution in [2.75, 3.05) is 11.6 Å². The third kappa shape index (κ3) is 1.38. The molecule has 0 saturated carbocycles. The van der Waals surface area contributed by atoms with E-state index in [2.05, 4.69) is 23.0 Å². The van der Waals surface area contributed by atoms with Gasteiger partial charge in [0.15, 0.2) is 5.78 Å². The molecule has 2 heterocycles. The van der Waals surface area contributed by atoms with Crippen LogP contribution >= 0.6 is 0 Å². The Bertz CT molecular complexity index is 418. The van der Waals surface area contributed by atoms with Crippen LogP contribution in [0.15, 0.2) is 25.0 Å². The van der Waals surface area contributed by atoms with Crippen LogP contribution in [0.4, 0.5) is 0 Å². The number of nitrogens with zero attached hydrogens (tertiary/aromatic N) is 5. The summed E-state index contributed by atoms with van der Waals surface area (Å²) in [4.78, 5) is 13.0. The molecule has 0 aliphatic carbocycles. The Hall–Kier alpha value is -2.16. The standard InChI is InChI=1S/C9H9N5O/c1-2-8(15)9-7(5-10)6-13(9)14-4-3-11-12-14/h2-4,7,9H,1,6H2. The first kappa shape index (κ1) is 9.40. The van der Waals surface area contributed by atoms with E-state index in [0.29, 0.717) is 6.54 Å². The summed E-state index contributed by atoms with van der Waals surface area (Å²) in [5, 5.41) is 17.9. The third-order valence-electron chi connectivity index (χ3n) is 2.42. The van der Waals surface area contributed by atoms with E-state index in [9.17, 15) is 4.79 Å². The summed E-state index contributed by atoms with van der Waals surface area (Å²) in [5.41, 5.74) is 0. The molecule has 1 aliphatic rings. The number of hydrogen-bond acceptors (Lipinski definition) is 5. The molecular weight excluding hydrogens is 194 g/mol. The molecular formula is C9H9N5O. The largest absolute Gasteiger partial charge is 0.292 e. The first-order valence-corrected chi connectivity index (χ1v) is 4.47. The van der Waals surface area contributed by atoms with Crippen molar-refractivity contribution in [3.05, 3.63) is 25.0 Å². The van der Waals surface area contributed by atoms with Crippen LogP contribution in [0.25, 0.3) is 0 Å². The molecule has 0 amide bonds. The maximum absolute atomic E-state index is 11.5. The molecule has 2 rings (SSSR count). The summed E-state index contributed by atoms with van der Waals surface area (Å²) in [7, 11) is 0. The highest BCUT2D eigenvalue weighted by Crippen LogP contribution is 2.23. The third-order valence-corrected chi connectivity index (χ3v) is 2.42. The first-order valence-electron chi connectivity index (χ1n) is 4.47. The lowest BCUT2D eigenvalue weighted by Crippen LogP contribution is -2.64. The fourth-order valence-corrected chi connectivity index (χ4v) is 1.61. The molecule has 1 fully saturated rings. The van der Waals surface area contributed by atoms with E-state index < -0.39 is 6.04 Å². The molecule has 6 nitrogen and oxygen atoms in total. The Balaban J connectivity index is 2.20. The number of carbonyl (C=O) groups is 1. The molecule has 76 valence electrons. The van der Waals surface area contributed by atoms with Gasteiger partial charge in [0.25, 0.3) is 0 Å². The normalized spacial score (nSPS) is 24.1. The molecule has 0 radical (unpaired) electrons. The van der Waals surface area contributed by atoms with E-state index in [-0.39, 0.29) is 11.7 Å². The quantitative estimate of drug-likeness (QED) is 0.619. The van der Waals surface area contributed by atoms with Crippen LogP contribution < -0.4 is 5.01 Å². The summed E-state index contributed by atoms with van der Waals surface area (Å²) >= 11 is 0. The van der Waals surface area contributed by atoms with E-state index in [1.807, 2.05) is 0 Å². The van der Waals surface area contributed by atoms with Gasteiger partial charge in [0.1, 0.15) is 6.04 Å². The molecule has 0 bridgehead atoms. The van der Waals surface area contributed by atoms with Crippen LogP contribution in [0.2, 0.25) is 0 Å². The SMILES string of the molecule is C=CC(=O)C1C(C#N)CN1n1ccnn1. The Labute approximate surface area is 86.4 Å². The van der Waals surface area contributed by atoms with Crippen LogP contribution in [0.1, 0.15) is 0 Å². The fraction of sp³-hybridized carbons (Fsp3) is 0.333. The Morgan fingerprint density at radius 2 is 2.53 bits per heavy atom. The van der Waals surface area contributed by atoms with E-state index in [4.69, 9.17) is 5.26 Å². The summed E-state index contributed by atoms with van der Waals surface area (Å²) in [6.07, 6.45) is 4.39. The van der Waals surface area contributed by atoms with E-state index >= 15 is 0 Å². The van der Waals surface area contributed by atoms with Crippen LogP contribution in [0, 0.1) is 17.2 Å². The van der Waals surface area contributed by atoms with Crippen molar-refractivity contribution in [2.45, 2.75) is 6.04 Å². The number of rotatable bonds is 3. The number of aromatic nitrogens is 3. The van der Waals surface area contributed by atoms with E-state index in [1.165, 1.54) is 17.1 Å². The van der Waals surface area contributed by atoms with Gasteiger partial charge in [0, 0.05) is 0 Å². The molecule has 2 unspecified atom stereocenters. The van der Waals surface area contributed by atoms with E-state index in [1.54, 1.807) is 11.2 Å². The van der Waals surface area contributed by atoms with Gasteiger partial charge in [-0.1, -0.05) is 6.58 Å². The predicted molar refractivity (Wildman–Crippen MR) is 51.2 cm³/mol. The highest BCUT2D eigenvalue weighted by molar-refractivity contribution is 5.96. The minimum Gasteiger partial charge on any atom is -0.292 e.